The Kier molecular flexibility index (Phi) is 5.29. The van der Waals surface area contributed by atoms with Crippen LogP contribution in [0.3, 0.4) is 0 Å². The van der Waals surface area contributed by atoms with Crippen molar-refractivity contribution < 1.29 is 14.3 Å². The maximum absolute atomic E-state index is 12.3. The van der Waals surface area contributed by atoms with Crippen molar-refractivity contribution in [2.45, 2.75) is 24.1 Å². The molecule has 110 valence electrons. The second-order valence-electron chi connectivity index (χ2n) is 4.95. The predicted octanol–water partition coefficient (Wildman–Crippen LogP) is 2.63. The summed E-state index contributed by atoms with van der Waals surface area (Å²) in [7, 11) is 3.20. The van der Waals surface area contributed by atoms with Gasteiger partial charge in [-0.3, -0.25) is 4.79 Å². The van der Waals surface area contributed by atoms with Crippen LogP contribution in [0.1, 0.15) is 18.4 Å². The molecule has 0 N–H and O–H groups in total. The molecule has 1 aliphatic heterocycles. The van der Waals surface area contributed by atoms with Crippen molar-refractivity contribution in [3.63, 3.8) is 0 Å². The van der Waals surface area contributed by atoms with Crippen molar-refractivity contribution in [2.75, 3.05) is 27.3 Å². The van der Waals surface area contributed by atoms with Crippen LogP contribution in [0.5, 0.6) is 11.5 Å². The minimum Gasteiger partial charge on any atom is -0.493 e. The van der Waals surface area contributed by atoms with E-state index in [2.05, 4.69) is 15.9 Å². The third-order valence-corrected chi connectivity index (χ3v) is 4.27. The molecule has 0 radical (unpaired) electrons. The van der Waals surface area contributed by atoms with Crippen molar-refractivity contribution in [1.29, 1.82) is 0 Å². The summed E-state index contributed by atoms with van der Waals surface area (Å²) >= 11 is 3.59. The predicted molar refractivity (Wildman–Crippen MR) is 81.8 cm³/mol. The van der Waals surface area contributed by atoms with Gasteiger partial charge in [0.25, 0.3) is 0 Å². The maximum atomic E-state index is 12.3. The number of carbonyl (C=O) groups excluding carboxylic acids is 1. The number of piperidine rings is 1. The van der Waals surface area contributed by atoms with Gasteiger partial charge in [0.05, 0.1) is 20.6 Å². The van der Waals surface area contributed by atoms with Crippen molar-refractivity contribution in [3.05, 3.63) is 23.8 Å². The van der Waals surface area contributed by atoms with Gasteiger partial charge >= 0.3 is 0 Å². The van der Waals surface area contributed by atoms with Crippen LogP contribution in [-0.4, -0.2) is 42.9 Å². The second kappa shape index (κ2) is 6.97. The lowest BCUT2D eigenvalue weighted by Gasteiger charge is -2.30. The van der Waals surface area contributed by atoms with E-state index < -0.39 is 0 Å². The molecule has 4 nitrogen and oxygen atoms in total. The molecule has 1 unspecified atom stereocenters. The average Bonchev–Trinajstić information content (AvgIpc) is 2.47. The molecule has 0 spiro atoms. The van der Waals surface area contributed by atoms with Crippen LogP contribution in [0.2, 0.25) is 0 Å². The SMILES string of the molecule is COc1ccc(CC(=O)N2CCCC(Br)C2)cc1OC. The zero-order valence-corrected chi connectivity index (χ0v) is 13.5. The number of ether oxygens (including phenoxy) is 2. The van der Waals surface area contributed by atoms with E-state index in [4.69, 9.17) is 9.47 Å². The summed E-state index contributed by atoms with van der Waals surface area (Å²) < 4.78 is 10.5. The number of methoxy groups -OCH3 is 2. The zero-order valence-electron chi connectivity index (χ0n) is 11.9. The minimum atomic E-state index is 0.168. The normalized spacial score (nSPS) is 18.8. The van der Waals surface area contributed by atoms with Crippen LogP contribution in [0.25, 0.3) is 0 Å². The van der Waals surface area contributed by atoms with E-state index >= 15 is 0 Å². The van der Waals surface area contributed by atoms with E-state index in [9.17, 15) is 4.79 Å². The van der Waals surface area contributed by atoms with E-state index in [0.29, 0.717) is 22.7 Å². The number of hydrogen-bond donors (Lipinski definition) is 0. The Morgan fingerprint density at radius 2 is 2.10 bits per heavy atom. The Labute approximate surface area is 128 Å². The summed E-state index contributed by atoms with van der Waals surface area (Å²) in [5, 5.41) is 0. The highest BCUT2D eigenvalue weighted by Crippen LogP contribution is 2.28. The number of benzene rings is 1. The topological polar surface area (TPSA) is 38.8 Å². The molecule has 1 aromatic carbocycles. The van der Waals surface area contributed by atoms with Crippen LogP contribution in [0.4, 0.5) is 0 Å². The number of amides is 1. The summed E-state index contributed by atoms with van der Waals surface area (Å²) in [6, 6.07) is 5.62. The smallest absolute Gasteiger partial charge is 0.227 e. The molecule has 0 bridgehead atoms. The first-order valence-electron chi connectivity index (χ1n) is 6.76. The van der Waals surface area contributed by atoms with Gasteiger partial charge in [0.15, 0.2) is 11.5 Å². The quantitative estimate of drug-likeness (QED) is 0.790. The lowest BCUT2D eigenvalue weighted by molar-refractivity contribution is -0.131. The van der Waals surface area contributed by atoms with Gasteiger partial charge in [-0.25, -0.2) is 0 Å². The molecule has 0 aromatic heterocycles. The maximum Gasteiger partial charge on any atom is 0.227 e. The number of rotatable bonds is 4. The molecule has 1 aromatic rings. The van der Waals surface area contributed by atoms with Crippen molar-refractivity contribution >= 4 is 21.8 Å². The Hall–Kier alpha value is -1.23. The molecule has 1 atom stereocenters. The summed E-state index contributed by atoms with van der Waals surface area (Å²) in [5.74, 6) is 1.51. The molecule has 1 saturated heterocycles. The second-order valence-corrected chi connectivity index (χ2v) is 6.24. The first-order valence-corrected chi connectivity index (χ1v) is 7.68. The van der Waals surface area contributed by atoms with Gasteiger partial charge in [-0.05, 0) is 30.5 Å². The number of halogens is 1. The molecule has 20 heavy (non-hydrogen) atoms. The van der Waals surface area contributed by atoms with E-state index in [1.54, 1.807) is 14.2 Å². The highest BCUT2D eigenvalue weighted by atomic mass is 79.9. The van der Waals surface area contributed by atoms with Crippen LogP contribution in [0.15, 0.2) is 18.2 Å². The van der Waals surface area contributed by atoms with Gasteiger partial charge in [0.1, 0.15) is 0 Å². The number of nitrogens with zero attached hydrogens (tertiary/aromatic N) is 1. The van der Waals surface area contributed by atoms with Crippen molar-refractivity contribution in [1.82, 2.24) is 4.90 Å². The van der Waals surface area contributed by atoms with Crippen LogP contribution >= 0.6 is 15.9 Å². The Balaban J connectivity index is 2.03. The van der Waals surface area contributed by atoms with Gasteiger partial charge in [-0.1, -0.05) is 22.0 Å². The molecule has 1 aliphatic rings. The Bertz CT molecular complexity index is 478. The third kappa shape index (κ3) is 3.66. The Morgan fingerprint density at radius 1 is 1.35 bits per heavy atom. The van der Waals surface area contributed by atoms with Gasteiger partial charge in [-0.2, -0.15) is 0 Å². The van der Waals surface area contributed by atoms with E-state index in [0.717, 1.165) is 31.5 Å². The molecule has 0 saturated carbocycles. The van der Waals surface area contributed by atoms with Crippen LogP contribution in [0, 0.1) is 0 Å². The fourth-order valence-electron chi connectivity index (χ4n) is 2.43. The van der Waals surface area contributed by atoms with Crippen molar-refractivity contribution in [2.24, 2.45) is 0 Å². The molecule has 1 amide bonds. The van der Waals surface area contributed by atoms with Gasteiger partial charge < -0.3 is 14.4 Å². The number of hydrogen-bond acceptors (Lipinski definition) is 3. The average molecular weight is 342 g/mol. The number of likely N-dealkylation sites (tertiary alicyclic amines) is 1. The summed E-state index contributed by atoms with van der Waals surface area (Å²) in [6.07, 6.45) is 2.60. The molecule has 2 rings (SSSR count). The first kappa shape index (κ1) is 15.2. The van der Waals surface area contributed by atoms with E-state index in [-0.39, 0.29) is 5.91 Å². The minimum absolute atomic E-state index is 0.168. The standard InChI is InChI=1S/C15H20BrNO3/c1-19-13-6-5-11(8-14(13)20-2)9-15(18)17-7-3-4-12(16)10-17/h5-6,8,12H,3-4,7,9-10H2,1-2H3. The van der Waals surface area contributed by atoms with E-state index in [1.165, 1.54) is 0 Å². The fourth-order valence-corrected chi connectivity index (χ4v) is 3.10. The summed E-state index contributed by atoms with van der Waals surface area (Å²) in [6.45, 7) is 1.65. The number of carbonyl (C=O) groups is 1. The molecule has 0 aliphatic carbocycles. The Morgan fingerprint density at radius 3 is 2.75 bits per heavy atom. The third-order valence-electron chi connectivity index (χ3n) is 3.52. The van der Waals surface area contributed by atoms with Crippen LogP contribution < -0.4 is 9.47 Å². The fraction of sp³-hybridized carbons (Fsp3) is 0.533. The van der Waals surface area contributed by atoms with Gasteiger partial charge in [0, 0.05) is 17.9 Å². The molecule has 1 fully saturated rings. The van der Waals surface area contributed by atoms with Crippen LogP contribution in [-0.2, 0) is 11.2 Å². The lowest BCUT2D eigenvalue weighted by Crippen LogP contribution is -2.41. The largest absolute Gasteiger partial charge is 0.493 e. The van der Waals surface area contributed by atoms with Crippen molar-refractivity contribution in [3.8, 4) is 11.5 Å². The number of alkyl halides is 1. The van der Waals surface area contributed by atoms with Gasteiger partial charge in [0.2, 0.25) is 5.91 Å². The summed E-state index contributed by atoms with van der Waals surface area (Å²) in [5.41, 5.74) is 0.948. The molecular weight excluding hydrogens is 322 g/mol. The summed E-state index contributed by atoms with van der Waals surface area (Å²) in [4.78, 5) is 14.7. The molecular formula is C15H20BrNO3. The first-order chi connectivity index (χ1) is 9.63. The van der Waals surface area contributed by atoms with E-state index in [1.807, 2.05) is 23.1 Å². The highest BCUT2D eigenvalue weighted by Gasteiger charge is 2.22. The lowest BCUT2D eigenvalue weighted by atomic mass is 10.1. The highest BCUT2D eigenvalue weighted by molar-refractivity contribution is 9.09. The molecule has 1 heterocycles. The van der Waals surface area contributed by atoms with Gasteiger partial charge in [-0.15, -0.1) is 0 Å². The zero-order chi connectivity index (χ0) is 14.5. The molecule has 5 heteroatoms. The monoisotopic (exact) mass is 341 g/mol.